The van der Waals surface area contributed by atoms with Crippen LogP contribution in [0.5, 0.6) is 0 Å². The third-order valence-corrected chi connectivity index (χ3v) is 4.42. The van der Waals surface area contributed by atoms with Gasteiger partial charge in [0.1, 0.15) is 0 Å². The van der Waals surface area contributed by atoms with Gasteiger partial charge in [0.05, 0.1) is 6.61 Å². The number of hydrogen-bond donors (Lipinski definition) is 1. The summed E-state index contributed by atoms with van der Waals surface area (Å²) in [5.41, 5.74) is 2.04. The van der Waals surface area contributed by atoms with Gasteiger partial charge in [-0.15, -0.1) is 22.9 Å². The minimum absolute atomic E-state index is 0.0654. The molecule has 0 amide bonds. The number of halogens is 2. The zero-order chi connectivity index (χ0) is 10.1. The van der Waals surface area contributed by atoms with Crippen molar-refractivity contribution < 1.29 is 5.11 Å². The lowest BCUT2D eigenvalue weighted by atomic mass is 10.1. The molecule has 0 aliphatic rings. The molecule has 0 fully saturated rings. The van der Waals surface area contributed by atoms with E-state index in [-0.39, 0.29) is 6.61 Å². The first-order valence-corrected chi connectivity index (χ1v) is 6.61. The Morgan fingerprint density at radius 3 is 2.86 bits per heavy atom. The van der Waals surface area contributed by atoms with E-state index in [0.29, 0.717) is 5.88 Å². The van der Waals surface area contributed by atoms with Crippen molar-refractivity contribution in [2.24, 2.45) is 0 Å². The van der Waals surface area contributed by atoms with Gasteiger partial charge in [0.25, 0.3) is 0 Å². The van der Waals surface area contributed by atoms with Crippen LogP contribution in [0.15, 0.2) is 17.5 Å². The zero-order valence-corrected chi connectivity index (χ0v) is 11.0. The van der Waals surface area contributed by atoms with Gasteiger partial charge in [-0.2, -0.15) is 0 Å². The van der Waals surface area contributed by atoms with Gasteiger partial charge < -0.3 is 5.11 Å². The van der Waals surface area contributed by atoms with Gasteiger partial charge in [-0.1, -0.05) is 0 Å². The van der Waals surface area contributed by atoms with Crippen molar-refractivity contribution in [3.05, 3.63) is 32.2 Å². The number of rotatable bonds is 2. The average Bonchev–Trinajstić information content (AvgIpc) is 2.62. The molecule has 0 radical (unpaired) electrons. The molecule has 0 aliphatic heterocycles. The summed E-state index contributed by atoms with van der Waals surface area (Å²) < 4.78 is 2.29. The summed E-state index contributed by atoms with van der Waals surface area (Å²) in [6.45, 7) is 0.0654. The second kappa shape index (κ2) is 4.35. The van der Waals surface area contributed by atoms with Gasteiger partial charge >= 0.3 is 0 Å². The van der Waals surface area contributed by atoms with Gasteiger partial charge in [0.15, 0.2) is 0 Å². The molecule has 1 N–H and O–H groups in total. The second-order valence-corrected chi connectivity index (χ2v) is 5.29. The monoisotopic (exact) mass is 338 g/mol. The minimum Gasteiger partial charge on any atom is -0.392 e. The van der Waals surface area contributed by atoms with Crippen molar-refractivity contribution in [1.29, 1.82) is 0 Å². The van der Waals surface area contributed by atoms with Crippen LogP contribution in [0.25, 0.3) is 10.1 Å². The molecule has 0 unspecified atom stereocenters. The van der Waals surface area contributed by atoms with Crippen LogP contribution in [0.3, 0.4) is 0 Å². The van der Waals surface area contributed by atoms with E-state index < -0.39 is 0 Å². The second-order valence-electron chi connectivity index (χ2n) is 2.95. The smallest absolute Gasteiger partial charge is 0.0699 e. The van der Waals surface area contributed by atoms with Crippen LogP contribution in [0.1, 0.15) is 11.1 Å². The molecule has 1 aromatic carbocycles. The standard InChI is InChI=1S/C10H8ClIOS/c11-4-7-8(5-13)10-6(1-2-14-10)3-9(7)12/h1-3,13H,4-5H2. The van der Waals surface area contributed by atoms with E-state index in [2.05, 4.69) is 34.7 Å². The van der Waals surface area contributed by atoms with Crippen molar-refractivity contribution in [2.45, 2.75) is 12.5 Å². The predicted octanol–water partition coefficient (Wildman–Crippen LogP) is 3.74. The Kier molecular flexibility index (Phi) is 3.31. The van der Waals surface area contributed by atoms with E-state index in [9.17, 15) is 5.11 Å². The molecular weight excluding hydrogens is 331 g/mol. The van der Waals surface area contributed by atoms with Crippen molar-refractivity contribution >= 4 is 55.6 Å². The maximum Gasteiger partial charge on any atom is 0.0699 e. The maximum atomic E-state index is 9.34. The summed E-state index contributed by atoms with van der Waals surface area (Å²) in [7, 11) is 0. The molecule has 4 heteroatoms. The quantitative estimate of drug-likeness (QED) is 0.653. The molecule has 1 nitrogen and oxygen atoms in total. The molecule has 1 aromatic heterocycles. The molecule has 1 heterocycles. The third-order valence-electron chi connectivity index (χ3n) is 2.20. The Morgan fingerprint density at radius 2 is 2.21 bits per heavy atom. The fourth-order valence-corrected chi connectivity index (χ4v) is 3.82. The lowest BCUT2D eigenvalue weighted by Gasteiger charge is -2.08. The van der Waals surface area contributed by atoms with Gasteiger partial charge in [-0.3, -0.25) is 0 Å². The summed E-state index contributed by atoms with van der Waals surface area (Å²) in [6.07, 6.45) is 0. The number of hydrogen-bond acceptors (Lipinski definition) is 2. The molecule has 0 saturated heterocycles. The van der Waals surface area contributed by atoms with Gasteiger partial charge in [0.2, 0.25) is 0 Å². The number of aliphatic hydroxyl groups excluding tert-OH is 1. The molecule has 2 rings (SSSR count). The van der Waals surface area contributed by atoms with Crippen LogP contribution in [-0.4, -0.2) is 5.11 Å². The van der Waals surface area contributed by atoms with E-state index in [1.54, 1.807) is 11.3 Å². The Morgan fingerprint density at radius 1 is 1.43 bits per heavy atom. The van der Waals surface area contributed by atoms with Crippen molar-refractivity contribution in [3.63, 3.8) is 0 Å². The highest BCUT2D eigenvalue weighted by molar-refractivity contribution is 14.1. The first-order chi connectivity index (χ1) is 6.77. The first-order valence-electron chi connectivity index (χ1n) is 4.12. The Bertz CT molecular complexity index is 466. The average molecular weight is 339 g/mol. The van der Waals surface area contributed by atoms with Crippen molar-refractivity contribution in [2.75, 3.05) is 0 Å². The molecule has 0 atom stereocenters. The van der Waals surface area contributed by atoms with E-state index in [1.807, 2.05) is 5.38 Å². The van der Waals surface area contributed by atoms with E-state index in [4.69, 9.17) is 11.6 Å². The summed E-state index contributed by atoms with van der Waals surface area (Å²) in [5.74, 6) is 0.460. The Labute approximate surface area is 105 Å². The molecule has 14 heavy (non-hydrogen) atoms. The van der Waals surface area contributed by atoms with Crippen molar-refractivity contribution in [3.8, 4) is 0 Å². The van der Waals surface area contributed by atoms with Gasteiger partial charge in [-0.25, -0.2) is 0 Å². The number of alkyl halides is 1. The number of aliphatic hydroxyl groups is 1. The van der Waals surface area contributed by atoms with Crippen LogP contribution >= 0.6 is 45.5 Å². The van der Waals surface area contributed by atoms with Crippen LogP contribution in [-0.2, 0) is 12.5 Å². The highest BCUT2D eigenvalue weighted by Crippen LogP contribution is 2.32. The lowest BCUT2D eigenvalue weighted by Crippen LogP contribution is -1.95. The highest BCUT2D eigenvalue weighted by atomic mass is 127. The molecule has 0 bridgehead atoms. The van der Waals surface area contributed by atoms with Crippen LogP contribution < -0.4 is 0 Å². The fourth-order valence-electron chi connectivity index (χ4n) is 1.49. The van der Waals surface area contributed by atoms with Crippen LogP contribution in [0, 0.1) is 3.57 Å². The molecule has 2 aromatic rings. The summed E-state index contributed by atoms with van der Waals surface area (Å²) in [5, 5.41) is 12.6. The number of thiophene rings is 1. The van der Waals surface area contributed by atoms with E-state index in [1.165, 1.54) is 5.39 Å². The predicted molar refractivity (Wildman–Crippen MR) is 70.0 cm³/mol. The largest absolute Gasteiger partial charge is 0.392 e. The van der Waals surface area contributed by atoms with Gasteiger partial charge in [-0.05, 0) is 51.1 Å². The third kappa shape index (κ3) is 1.66. The number of benzene rings is 1. The van der Waals surface area contributed by atoms with E-state index in [0.717, 1.165) is 19.4 Å². The molecule has 74 valence electrons. The Balaban J connectivity index is 2.82. The topological polar surface area (TPSA) is 20.2 Å². The normalized spacial score (nSPS) is 11.1. The number of fused-ring (bicyclic) bond motifs is 1. The SMILES string of the molecule is OCc1c(CCl)c(I)cc2ccsc12. The highest BCUT2D eigenvalue weighted by Gasteiger charge is 2.11. The minimum atomic E-state index is 0.0654. The van der Waals surface area contributed by atoms with Gasteiger partial charge in [0, 0.05) is 19.7 Å². The van der Waals surface area contributed by atoms with Crippen LogP contribution in [0.2, 0.25) is 0 Å². The molecule has 0 spiro atoms. The van der Waals surface area contributed by atoms with Crippen molar-refractivity contribution in [1.82, 2.24) is 0 Å². The first kappa shape index (κ1) is 10.7. The fraction of sp³-hybridized carbons (Fsp3) is 0.200. The maximum absolute atomic E-state index is 9.34. The lowest BCUT2D eigenvalue weighted by molar-refractivity contribution is 0.282. The Hall–Kier alpha value is 0.160. The summed E-state index contributed by atoms with van der Waals surface area (Å²) in [6, 6.07) is 4.18. The summed E-state index contributed by atoms with van der Waals surface area (Å²) >= 11 is 9.79. The van der Waals surface area contributed by atoms with E-state index >= 15 is 0 Å². The molecular formula is C10H8ClIOS. The zero-order valence-electron chi connectivity index (χ0n) is 7.26. The summed E-state index contributed by atoms with van der Waals surface area (Å²) in [4.78, 5) is 0. The van der Waals surface area contributed by atoms with Crippen LogP contribution in [0.4, 0.5) is 0 Å². The molecule has 0 aliphatic carbocycles. The molecule has 0 saturated carbocycles.